The topological polar surface area (TPSA) is 52.7 Å². The van der Waals surface area contributed by atoms with E-state index in [9.17, 15) is 14.0 Å². The van der Waals surface area contributed by atoms with Gasteiger partial charge in [-0.05, 0) is 49.2 Å². The van der Waals surface area contributed by atoms with Gasteiger partial charge in [0.15, 0.2) is 0 Å². The second-order valence-corrected chi connectivity index (χ2v) is 7.77. The summed E-state index contributed by atoms with van der Waals surface area (Å²) in [6, 6.07) is 14.1. The fourth-order valence-electron chi connectivity index (χ4n) is 3.53. The summed E-state index contributed by atoms with van der Waals surface area (Å²) in [6.45, 7) is 6.65. The van der Waals surface area contributed by atoms with Crippen LogP contribution < -0.4 is 10.2 Å². The SMILES string of the molecule is Cc1ccc(NC(=O)CC(C)CC(=O)N2CCN(c3ccc(F)cc3)CC2)cc1. The van der Waals surface area contributed by atoms with Gasteiger partial charge in [0.25, 0.3) is 0 Å². The Morgan fingerprint density at radius 1 is 0.966 bits per heavy atom. The molecule has 2 aromatic rings. The molecule has 29 heavy (non-hydrogen) atoms. The van der Waals surface area contributed by atoms with Crippen LogP contribution in [0, 0.1) is 18.7 Å². The predicted octanol–water partition coefficient (Wildman–Crippen LogP) is 3.84. The molecular weight excluding hydrogens is 369 g/mol. The number of nitrogens with zero attached hydrogens (tertiary/aromatic N) is 2. The fraction of sp³-hybridized carbons (Fsp3) is 0.391. The number of rotatable bonds is 6. The van der Waals surface area contributed by atoms with Gasteiger partial charge in [0.1, 0.15) is 5.82 Å². The molecule has 5 nitrogen and oxygen atoms in total. The van der Waals surface area contributed by atoms with Crippen molar-refractivity contribution in [2.75, 3.05) is 36.4 Å². The zero-order chi connectivity index (χ0) is 20.8. The molecule has 0 aromatic heterocycles. The van der Waals surface area contributed by atoms with Gasteiger partial charge in [-0.25, -0.2) is 4.39 Å². The van der Waals surface area contributed by atoms with Gasteiger partial charge in [-0.2, -0.15) is 0 Å². The second-order valence-electron chi connectivity index (χ2n) is 7.77. The number of amides is 2. The third-order valence-corrected chi connectivity index (χ3v) is 5.22. The molecule has 0 spiro atoms. The highest BCUT2D eigenvalue weighted by Gasteiger charge is 2.23. The Morgan fingerprint density at radius 3 is 2.21 bits per heavy atom. The van der Waals surface area contributed by atoms with Crippen molar-refractivity contribution in [2.24, 2.45) is 5.92 Å². The number of carbonyl (C=O) groups excluding carboxylic acids is 2. The molecule has 1 saturated heterocycles. The minimum absolute atomic E-state index is 0.0249. The third kappa shape index (κ3) is 6.04. The van der Waals surface area contributed by atoms with Crippen molar-refractivity contribution in [2.45, 2.75) is 26.7 Å². The zero-order valence-electron chi connectivity index (χ0n) is 17.0. The van der Waals surface area contributed by atoms with E-state index in [0.717, 1.165) is 30.0 Å². The number of anilines is 2. The van der Waals surface area contributed by atoms with Crippen molar-refractivity contribution in [1.29, 1.82) is 0 Å². The van der Waals surface area contributed by atoms with E-state index in [-0.39, 0.29) is 23.5 Å². The number of hydrogen-bond donors (Lipinski definition) is 1. The molecule has 0 saturated carbocycles. The summed E-state index contributed by atoms with van der Waals surface area (Å²) in [5.74, 6) is -0.263. The lowest BCUT2D eigenvalue weighted by atomic mass is 10.0. The molecule has 2 aromatic carbocycles. The minimum atomic E-state index is -0.247. The van der Waals surface area contributed by atoms with Crippen molar-refractivity contribution in [3.05, 3.63) is 59.9 Å². The molecule has 0 aliphatic carbocycles. The Bertz CT molecular complexity index is 828. The average Bonchev–Trinajstić information content (AvgIpc) is 2.70. The fourth-order valence-corrected chi connectivity index (χ4v) is 3.53. The van der Waals surface area contributed by atoms with E-state index in [4.69, 9.17) is 0 Å². The molecule has 0 bridgehead atoms. The molecule has 1 aliphatic heterocycles. The van der Waals surface area contributed by atoms with Crippen LogP contribution in [-0.4, -0.2) is 42.9 Å². The Kier molecular flexibility index (Phi) is 6.86. The summed E-state index contributed by atoms with van der Waals surface area (Å²) in [5, 5.41) is 2.88. The third-order valence-electron chi connectivity index (χ3n) is 5.22. The molecule has 3 rings (SSSR count). The van der Waals surface area contributed by atoms with E-state index in [1.807, 2.05) is 43.0 Å². The zero-order valence-corrected chi connectivity index (χ0v) is 17.0. The number of piperazine rings is 1. The molecule has 1 fully saturated rings. The number of carbonyl (C=O) groups is 2. The van der Waals surface area contributed by atoms with E-state index in [1.165, 1.54) is 12.1 Å². The number of hydrogen-bond acceptors (Lipinski definition) is 3. The van der Waals surface area contributed by atoms with Crippen molar-refractivity contribution < 1.29 is 14.0 Å². The van der Waals surface area contributed by atoms with E-state index in [1.54, 1.807) is 12.1 Å². The molecule has 1 unspecified atom stereocenters. The lowest BCUT2D eigenvalue weighted by Crippen LogP contribution is -2.49. The highest BCUT2D eigenvalue weighted by atomic mass is 19.1. The normalized spacial score (nSPS) is 15.1. The molecule has 1 heterocycles. The van der Waals surface area contributed by atoms with Crippen LogP contribution in [0.2, 0.25) is 0 Å². The summed E-state index contributed by atoms with van der Waals surface area (Å²) in [4.78, 5) is 28.8. The van der Waals surface area contributed by atoms with Crippen LogP contribution in [0.3, 0.4) is 0 Å². The van der Waals surface area contributed by atoms with Gasteiger partial charge in [-0.1, -0.05) is 24.6 Å². The first kappa shape index (κ1) is 20.8. The number of nitrogens with one attached hydrogen (secondary N) is 1. The van der Waals surface area contributed by atoms with Gasteiger partial charge in [-0.3, -0.25) is 9.59 Å². The lowest BCUT2D eigenvalue weighted by Gasteiger charge is -2.36. The number of halogens is 1. The van der Waals surface area contributed by atoms with Crippen LogP contribution >= 0.6 is 0 Å². The highest BCUT2D eigenvalue weighted by Crippen LogP contribution is 2.19. The Morgan fingerprint density at radius 2 is 1.59 bits per heavy atom. The molecule has 154 valence electrons. The van der Waals surface area contributed by atoms with Crippen molar-refractivity contribution in [3.8, 4) is 0 Å². The van der Waals surface area contributed by atoms with Crippen molar-refractivity contribution in [3.63, 3.8) is 0 Å². The van der Waals surface area contributed by atoms with Crippen molar-refractivity contribution in [1.82, 2.24) is 4.90 Å². The van der Waals surface area contributed by atoms with E-state index in [2.05, 4.69) is 10.2 Å². The standard InChI is InChI=1S/C23H28FN3O2/c1-17-3-7-20(8-4-17)25-22(28)15-18(2)16-23(29)27-13-11-26(12-14-27)21-9-5-19(24)6-10-21/h3-10,18H,11-16H2,1-2H3,(H,25,28). The first-order chi connectivity index (χ1) is 13.9. The van der Waals surface area contributed by atoms with Crippen LogP contribution in [0.15, 0.2) is 48.5 Å². The molecule has 1 N–H and O–H groups in total. The van der Waals surface area contributed by atoms with Crippen LogP contribution in [0.1, 0.15) is 25.3 Å². The minimum Gasteiger partial charge on any atom is -0.368 e. The molecule has 0 radical (unpaired) electrons. The van der Waals surface area contributed by atoms with Gasteiger partial charge in [0, 0.05) is 50.4 Å². The molecule has 6 heteroatoms. The summed E-state index contributed by atoms with van der Waals surface area (Å²) in [6.07, 6.45) is 0.674. The Labute approximate surface area is 171 Å². The maximum atomic E-state index is 13.1. The first-order valence-electron chi connectivity index (χ1n) is 10.1. The van der Waals surface area contributed by atoms with Crippen LogP contribution in [0.25, 0.3) is 0 Å². The maximum Gasteiger partial charge on any atom is 0.224 e. The second kappa shape index (κ2) is 9.54. The lowest BCUT2D eigenvalue weighted by molar-refractivity contribution is -0.132. The monoisotopic (exact) mass is 397 g/mol. The average molecular weight is 397 g/mol. The van der Waals surface area contributed by atoms with Gasteiger partial charge >= 0.3 is 0 Å². The summed E-state index contributed by atoms with van der Waals surface area (Å²) in [5.41, 5.74) is 2.89. The van der Waals surface area contributed by atoms with Crippen LogP contribution in [0.5, 0.6) is 0 Å². The van der Waals surface area contributed by atoms with E-state index < -0.39 is 0 Å². The molecular formula is C23H28FN3O2. The van der Waals surface area contributed by atoms with Gasteiger partial charge in [0.2, 0.25) is 11.8 Å². The van der Waals surface area contributed by atoms with Crippen LogP contribution in [0.4, 0.5) is 15.8 Å². The van der Waals surface area contributed by atoms with Crippen LogP contribution in [-0.2, 0) is 9.59 Å². The number of aryl methyl sites for hydroxylation is 1. The molecule has 1 aliphatic rings. The Hall–Kier alpha value is -2.89. The van der Waals surface area contributed by atoms with Gasteiger partial charge < -0.3 is 15.1 Å². The quantitative estimate of drug-likeness (QED) is 0.806. The molecule has 1 atom stereocenters. The summed E-state index contributed by atoms with van der Waals surface area (Å²) in [7, 11) is 0. The Balaban J connectivity index is 1.42. The summed E-state index contributed by atoms with van der Waals surface area (Å²) < 4.78 is 13.1. The number of benzene rings is 2. The highest BCUT2D eigenvalue weighted by molar-refractivity contribution is 5.91. The largest absolute Gasteiger partial charge is 0.368 e. The van der Waals surface area contributed by atoms with Gasteiger partial charge in [-0.15, -0.1) is 0 Å². The first-order valence-corrected chi connectivity index (χ1v) is 10.1. The predicted molar refractivity (Wildman–Crippen MR) is 113 cm³/mol. The van der Waals surface area contributed by atoms with Gasteiger partial charge in [0.05, 0.1) is 0 Å². The maximum absolute atomic E-state index is 13.1. The summed E-state index contributed by atoms with van der Waals surface area (Å²) >= 11 is 0. The molecule has 2 amide bonds. The smallest absolute Gasteiger partial charge is 0.224 e. The van der Waals surface area contributed by atoms with E-state index >= 15 is 0 Å². The van der Waals surface area contributed by atoms with Crippen molar-refractivity contribution >= 4 is 23.2 Å². The van der Waals surface area contributed by atoms with E-state index in [0.29, 0.717) is 25.9 Å².